The van der Waals surface area contributed by atoms with E-state index < -0.39 is 53.5 Å². The number of carboxylic acid groups (broad SMARTS) is 1. The molecule has 3 N–H and O–H groups in total. The predicted molar refractivity (Wildman–Crippen MR) is 204 cm³/mol. The van der Waals surface area contributed by atoms with E-state index in [4.69, 9.17) is 19.5 Å². The Morgan fingerprint density at radius 1 is 1.11 bits per heavy atom. The average Bonchev–Trinajstić information content (AvgIpc) is 3.52. The lowest BCUT2D eigenvalue weighted by atomic mass is 9.85. The van der Waals surface area contributed by atoms with Crippen LogP contribution in [0.25, 0.3) is 22.3 Å². The lowest BCUT2D eigenvalue weighted by molar-refractivity contribution is -0.190. The summed E-state index contributed by atoms with van der Waals surface area (Å²) in [5.74, 6) is -3.90. The first-order valence-electron chi connectivity index (χ1n) is 18.8. The van der Waals surface area contributed by atoms with Gasteiger partial charge in [0.1, 0.15) is 12.6 Å². The molecule has 15 heteroatoms. The van der Waals surface area contributed by atoms with Crippen molar-refractivity contribution in [3.63, 3.8) is 0 Å². The number of anilines is 1. The number of aliphatic carboxylic acids is 1. The SMILES string of the molecule is CCCCCN1C=Nc2cccc3nc4c(c1c23)Cn1c-4cc2c(c1=O)COC(=O)[C@@]2(CC)OC(=O)C[C@H](NC(=O)C(C)NC1CCCCC1)C(=O)O.Cl. The van der Waals surface area contributed by atoms with Crippen molar-refractivity contribution in [3.8, 4) is 11.4 Å². The Labute approximate surface area is 319 Å². The molecule has 2 aromatic heterocycles. The van der Waals surface area contributed by atoms with Crippen molar-refractivity contribution in [1.29, 1.82) is 0 Å². The third-order valence-corrected chi connectivity index (χ3v) is 11.0. The molecule has 0 saturated heterocycles. The van der Waals surface area contributed by atoms with E-state index >= 15 is 0 Å². The maximum Gasteiger partial charge on any atom is 0.355 e. The molecular formula is C39H47ClN6O8. The largest absolute Gasteiger partial charge is 0.480 e. The van der Waals surface area contributed by atoms with Gasteiger partial charge in [0, 0.05) is 23.7 Å². The van der Waals surface area contributed by atoms with Crippen LogP contribution in [0.1, 0.15) is 102 Å². The molecule has 3 aliphatic heterocycles. The van der Waals surface area contributed by atoms with E-state index in [2.05, 4.69) is 22.5 Å². The van der Waals surface area contributed by atoms with Crippen LogP contribution in [0.4, 0.5) is 11.4 Å². The molecule has 3 aromatic rings. The van der Waals surface area contributed by atoms with Gasteiger partial charge in [-0.05, 0) is 50.8 Å². The molecule has 1 amide bonds. The minimum Gasteiger partial charge on any atom is -0.480 e. The summed E-state index contributed by atoms with van der Waals surface area (Å²) in [5.41, 5.74) is 2.29. The third-order valence-electron chi connectivity index (χ3n) is 11.0. The molecule has 1 aromatic carbocycles. The normalized spacial score (nSPS) is 19.5. The van der Waals surface area contributed by atoms with E-state index in [1.165, 1.54) is 0 Å². The van der Waals surface area contributed by atoms with Crippen LogP contribution in [0.15, 0.2) is 34.1 Å². The number of hydrogen-bond donors (Lipinski definition) is 3. The molecule has 0 radical (unpaired) electrons. The van der Waals surface area contributed by atoms with E-state index in [-0.39, 0.29) is 49.1 Å². The molecule has 1 fully saturated rings. The van der Waals surface area contributed by atoms with E-state index in [1.807, 2.05) is 24.5 Å². The fraction of sp³-hybridized carbons (Fsp3) is 0.513. The molecule has 4 aliphatic rings. The van der Waals surface area contributed by atoms with Crippen LogP contribution in [-0.2, 0) is 47.4 Å². The number of aromatic nitrogens is 2. The topological polar surface area (TPSA) is 182 Å². The summed E-state index contributed by atoms with van der Waals surface area (Å²) in [7, 11) is 0. The standard InChI is InChI=1S/C39H46N6O8.ClH/c1-4-6-10-16-44-21-40-27-14-11-15-28-32(27)34(44)24-19-45-30(33(24)42-28)17-26-25(36(45)48)20-52-38(51)39(26,5-2)53-31(46)18-29(37(49)50)43-35(47)22(3)41-23-12-8-7-9-13-23;/h11,14-15,17,21-23,29,41H,4-10,12-13,16,18-20H2,1-3H3,(H,43,47)(H,49,50);1H/t22?,29-,39-;/m0./s1. The van der Waals surface area contributed by atoms with Crippen molar-refractivity contribution >= 4 is 64.8 Å². The van der Waals surface area contributed by atoms with Gasteiger partial charge in [-0.3, -0.25) is 14.4 Å². The number of benzene rings is 1. The van der Waals surface area contributed by atoms with Crippen LogP contribution >= 0.6 is 12.4 Å². The summed E-state index contributed by atoms with van der Waals surface area (Å²) in [6, 6.07) is 5.28. The van der Waals surface area contributed by atoms with Crippen molar-refractivity contribution in [2.24, 2.45) is 4.99 Å². The number of carbonyl (C=O) groups is 4. The fourth-order valence-electron chi connectivity index (χ4n) is 8.16. The van der Waals surface area contributed by atoms with E-state index in [1.54, 1.807) is 24.5 Å². The number of esters is 2. The molecule has 5 heterocycles. The van der Waals surface area contributed by atoms with Gasteiger partial charge in [0.25, 0.3) is 5.56 Å². The Bertz CT molecular complexity index is 2080. The van der Waals surface area contributed by atoms with E-state index in [0.29, 0.717) is 16.9 Å². The zero-order valence-corrected chi connectivity index (χ0v) is 31.6. The molecule has 3 atom stereocenters. The number of nitrogens with one attached hydrogen (secondary N) is 2. The van der Waals surface area contributed by atoms with Crippen LogP contribution in [0, 0.1) is 0 Å². The van der Waals surface area contributed by atoms with Gasteiger partial charge < -0.3 is 34.7 Å². The summed E-state index contributed by atoms with van der Waals surface area (Å²) < 4.78 is 13.0. The van der Waals surface area contributed by atoms with E-state index in [9.17, 15) is 29.1 Å². The maximum atomic E-state index is 14.3. The molecule has 1 aliphatic carbocycles. The Balaban J connectivity index is 0.00000497. The first-order valence-corrected chi connectivity index (χ1v) is 18.8. The second-order valence-corrected chi connectivity index (χ2v) is 14.5. The monoisotopic (exact) mass is 762 g/mol. The number of aliphatic imine (C=N–C) groups is 1. The van der Waals surface area contributed by atoms with Crippen molar-refractivity contribution in [3.05, 3.63) is 51.3 Å². The molecule has 288 valence electrons. The number of carbonyl (C=O) groups excluding carboxylic acids is 3. The van der Waals surface area contributed by atoms with Gasteiger partial charge in [0.15, 0.2) is 0 Å². The molecule has 54 heavy (non-hydrogen) atoms. The molecule has 0 spiro atoms. The first-order chi connectivity index (χ1) is 25.6. The van der Waals surface area contributed by atoms with Crippen molar-refractivity contribution in [1.82, 2.24) is 20.2 Å². The number of fused-ring (bicyclic) bond motifs is 5. The number of nitrogens with zero attached hydrogens (tertiary/aromatic N) is 4. The number of rotatable bonds is 13. The predicted octanol–water partition coefficient (Wildman–Crippen LogP) is 4.99. The Morgan fingerprint density at radius 3 is 2.61 bits per heavy atom. The molecule has 7 rings (SSSR count). The maximum absolute atomic E-state index is 14.3. The number of carboxylic acids is 1. The summed E-state index contributed by atoms with van der Waals surface area (Å²) in [4.78, 5) is 78.6. The van der Waals surface area contributed by atoms with Crippen molar-refractivity contribution in [2.75, 3.05) is 11.4 Å². The number of cyclic esters (lactones) is 1. The van der Waals surface area contributed by atoms with Crippen LogP contribution in [-0.4, -0.2) is 69.5 Å². The van der Waals surface area contributed by atoms with Gasteiger partial charge in [-0.2, -0.15) is 0 Å². The number of hydrogen-bond acceptors (Lipinski definition) is 11. The lowest BCUT2D eigenvalue weighted by Crippen LogP contribution is -2.53. The Morgan fingerprint density at radius 2 is 1.89 bits per heavy atom. The minimum atomic E-state index is -2.03. The summed E-state index contributed by atoms with van der Waals surface area (Å²) >= 11 is 0. The Kier molecular flexibility index (Phi) is 11.4. The van der Waals surface area contributed by atoms with Crippen LogP contribution < -0.4 is 21.1 Å². The van der Waals surface area contributed by atoms with Gasteiger partial charge in [-0.25, -0.2) is 19.6 Å². The van der Waals surface area contributed by atoms with Gasteiger partial charge in [-0.1, -0.05) is 52.0 Å². The highest BCUT2D eigenvalue weighted by atomic mass is 35.5. The number of amides is 1. The van der Waals surface area contributed by atoms with Crippen molar-refractivity contribution in [2.45, 2.75) is 122 Å². The van der Waals surface area contributed by atoms with Crippen LogP contribution in [0.5, 0.6) is 0 Å². The lowest BCUT2D eigenvalue weighted by Gasteiger charge is -2.36. The van der Waals surface area contributed by atoms with Gasteiger partial charge >= 0.3 is 17.9 Å². The van der Waals surface area contributed by atoms with Crippen LogP contribution in [0.3, 0.4) is 0 Å². The summed E-state index contributed by atoms with van der Waals surface area (Å²) in [5, 5.41) is 16.6. The summed E-state index contributed by atoms with van der Waals surface area (Å²) in [6.45, 7) is 6.09. The zero-order chi connectivity index (χ0) is 37.4. The highest BCUT2D eigenvalue weighted by Crippen LogP contribution is 2.47. The van der Waals surface area contributed by atoms with Crippen molar-refractivity contribution < 1.29 is 33.8 Å². The fourth-order valence-corrected chi connectivity index (χ4v) is 8.16. The number of unbranched alkanes of at least 4 members (excludes halogenated alkanes) is 2. The molecule has 1 unspecified atom stereocenters. The quantitative estimate of drug-likeness (QED) is 0.123. The van der Waals surface area contributed by atoms with E-state index in [0.717, 1.165) is 80.2 Å². The first kappa shape index (κ1) is 38.9. The molecule has 1 saturated carbocycles. The second kappa shape index (κ2) is 15.9. The third kappa shape index (κ3) is 6.97. The van der Waals surface area contributed by atoms with Gasteiger partial charge in [0.2, 0.25) is 11.5 Å². The molecule has 0 bridgehead atoms. The smallest absolute Gasteiger partial charge is 0.355 e. The number of pyridine rings is 2. The highest BCUT2D eigenvalue weighted by molar-refractivity contribution is 6.11. The van der Waals surface area contributed by atoms with Crippen LogP contribution in [0.2, 0.25) is 0 Å². The highest BCUT2D eigenvalue weighted by Gasteiger charge is 2.51. The molecule has 14 nitrogen and oxygen atoms in total. The number of ether oxygens (including phenoxy) is 2. The number of halogens is 1. The zero-order valence-electron chi connectivity index (χ0n) is 30.8. The van der Waals surface area contributed by atoms with Gasteiger partial charge in [-0.15, -0.1) is 12.4 Å². The van der Waals surface area contributed by atoms with Gasteiger partial charge in [0.05, 0.1) is 64.6 Å². The summed E-state index contributed by atoms with van der Waals surface area (Å²) in [6.07, 6.45) is 9.20. The minimum absolute atomic E-state index is 0. The second-order valence-electron chi connectivity index (χ2n) is 14.5. The average molecular weight is 763 g/mol. The molecular weight excluding hydrogens is 716 g/mol. The Hall–Kier alpha value is -4.82.